The molecule has 0 saturated carbocycles. The molecule has 0 aliphatic carbocycles. The predicted octanol–water partition coefficient (Wildman–Crippen LogP) is 4.25. The zero-order valence-electron chi connectivity index (χ0n) is 11.9. The van der Waals surface area contributed by atoms with Crippen molar-refractivity contribution in [3.05, 3.63) is 79.4 Å². The lowest BCUT2D eigenvalue weighted by molar-refractivity contribution is -0.384. The lowest BCUT2D eigenvalue weighted by atomic mass is 10.1. The summed E-state index contributed by atoms with van der Waals surface area (Å²) < 4.78 is 5.11. The minimum absolute atomic E-state index is 0.0153. The molecule has 0 bridgehead atoms. The van der Waals surface area contributed by atoms with Gasteiger partial charge in [-0.25, -0.2) is 9.79 Å². The molecule has 0 fully saturated rings. The Labute approximate surface area is 146 Å². The van der Waals surface area contributed by atoms with Crippen LogP contribution in [0.15, 0.2) is 53.2 Å². The van der Waals surface area contributed by atoms with Crippen LogP contribution in [0.3, 0.4) is 0 Å². The third-order valence-corrected chi connectivity index (χ3v) is 3.73. The maximum atomic E-state index is 12.0. The molecule has 2 aromatic rings. The number of hydrogen-bond acceptors (Lipinski definition) is 5. The van der Waals surface area contributed by atoms with E-state index in [-0.39, 0.29) is 17.3 Å². The van der Waals surface area contributed by atoms with Gasteiger partial charge in [0.1, 0.15) is 0 Å². The van der Waals surface area contributed by atoms with Gasteiger partial charge in [0.05, 0.1) is 15.5 Å². The lowest BCUT2D eigenvalue weighted by Crippen LogP contribution is -2.06. The van der Waals surface area contributed by atoms with Gasteiger partial charge in [0, 0.05) is 17.2 Å². The molecule has 0 atom stereocenters. The second kappa shape index (κ2) is 6.43. The molecule has 6 nitrogen and oxygen atoms in total. The van der Waals surface area contributed by atoms with E-state index >= 15 is 0 Å². The first kappa shape index (κ1) is 16.2. The summed E-state index contributed by atoms with van der Waals surface area (Å²) in [5.74, 6) is -0.642. The van der Waals surface area contributed by atoms with Crippen molar-refractivity contribution < 1.29 is 14.5 Å². The van der Waals surface area contributed by atoms with Crippen LogP contribution in [0, 0.1) is 10.1 Å². The first-order valence-corrected chi connectivity index (χ1v) is 7.42. The van der Waals surface area contributed by atoms with E-state index in [1.54, 1.807) is 18.2 Å². The fraction of sp³-hybridized carbons (Fsp3) is 0. The van der Waals surface area contributed by atoms with Crippen LogP contribution in [0.4, 0.5) is 5.69 Å². The molecule has 24 heavy (non-hydrogen) atoms. The lowest BCUT2D eigenvalue weighted by Gasteiger charge is -2.02. The number of halogens is 2. The number of nitrogens with zero attached hydrogens (tertiary/aromatic N) is 2. The number of nitro groups is 1. The number of hydrogen-bond donors (Lipinski definition) is 0. The van der Waals surface area contributed by atoms with Crippen LogP contribution < -0.4 is 0 Å². The summed E-state index contributed by atoms with van der Waals surface area (Å²) in [6.07, 6.45) is 1.40. The normalized spacial score (nSPS) is 15.3. The molecule has 0 unspecified atom stereocenters. The maximum Gasteiger partial charge on any atom is 0.363 e. The molecular formula is C16H8Cl2N2O4. The number of non-ortho nitro benzene ring substituents is 1. The van der Waals surface area contributed by atoms with Crippen LogP contribution in [0.2, 0.25) is 10.0 Å². The van der Waals surface area contributed by atoms with Crippen molar-refractivity contribution in [2.45, 2.75) is 0 Å². The second-order valence-corrected chi connectivity index (χ2v) is 5.66. The van der Waals surface area contributed by atoms with Crippen LogP contribution in [0.25, 0.3) is 6.08 Å². The van der Waals surface area contributed by atoms with Crippen LogP contribution in [-0.2, 0) is 9.53 Å². The summed E-state index contributed by atoms with van der Waals surface area (Å²) in [7, 11) is 0. The van der Waals surface area contributed by atoms with Gasteiger partial charge < -0.3 is 4.74 Å². The number of esters is 1. The van der Waals surface area contributed by atoms with Crippen LogP contribution in [0.5, 0.6) is 0 Å². The van der Waals surface area contributed by atoms with Gasteiger partial charge in [0.25, 0.3) is 5.69 Å². The van der Waals surface area contributed by atoms with Gasteiger partial charge in [-0.3, -0.25) is 10.1 Å². The fourth-order valence-electron chi connectivity index (χ4n) is 2.07. The smallest absolute Gasteiger partial charge is 0.363 e. The molecule has 3 rings (SSSR count). The number of rotatable bonds is 3. The van der Waals surface area contributed by atoms with Crippen molar-refractivity contribution >= 4 is 46.8 Å². The zero-order chi connectivity index (χ0) is 17.3. The molecule has 2 aromatic carbocycles. The summed E-state index contributed by atoms with van der Waals surface area (Å²) in [6.45, 7) is 0. The zero-order valence-corrected chi connectivity index (χ0v) is 13.4. The fourth-order valence-corrected chi connectivity index (χ4v) is 2.44. The van der Waals surface area contributed by atoms with E-state index in [1.807, 2.05) is 0 Å². The van der Waals surface area contributed by atoms with E-state index in [9.17, 15) is 14.9 Å². The molecule has 120 valence electrons. The van der Waals surface area contributed by atoms with Gasteiger partial charge in [-0.05, 0) is 29.8 Å². The van der Waals surface area contributed by atoms with Crippen LogP contribution in [-0.4, -0.2) is 16.8 Å². The quantitative estimate of drug-likeness (QED) is 0.353. The number of ether oxygens (including phenoxy) is 1. The van der Waals surface area contributed by atoms with Crippen LogP contribution >= 0.6 is 23.2 Å². The first-order chi connectivity index (χ1) is 11.4. The van der Waals surface area contributed by atoms with Gasteiger partial charge in [-0.15, -0.1) is 0 Å². The van der Waals surface area contributed by atoms with E-state index in [2.05, 4.69) is 4.99 Å². The molecule has 1 heterocycles. The van der Waals surface area contributed by atoms with Gasteiger partial charge >= 0.3 is 5.97 Å². The number of carbonyl (C=O) groups excluding carboxylic acids is 1. The SMILES string of the molecule is O=C1OC(c2cc(Cl)ccc2Cl)=N/C1=C\c1cccc([N+](=O)[O-])c1. The van der Waals surface area contributed by atoms with Gasteiger partial charge in [-0.1, -0.05) is 35.3 Å². The number of carbonyl (C=O) groups is 1. The Morgan fingerprint density at radius 1 is 1.17 bits per heavy atom. The summed E-state index contributed by atoms with van der Waals surface area (Å²) >= 11 is 12.0. The van der Waals surface area contributed by atoms with E-state index in [0.717, 1.165) is 0 Å². The molecule has 0 amide bonds. The summed E-state index contributed by atoms with van der Waals surface area (Å²) in [5.41, 5.74) is 0.776. The monoisotopic (exact) mass is 362 g/mol. The van der Waals surface area contributed by atoms with Gasteiger partial charge in [0.15, 0.2) is 5.70 Å². The third kappa shape index (κ3) is 3.29. The molecule has 1 aliphatic rings. The first-order valence-electron chi connectivity index (χ1n) is 6.66. The minimum atomic E-state index is -0.674. The third-order valence-electron chi connectivity index (χ3n) is 3.16. The molecule has 0 N–H and O–H groups in total. The van der Waals surface area contributed by atoms with E-state index < -0.39 is 10.9 Å². The Morgan fingerprint density at radius 2 is 1.96 bits per heavy atom. The van der Waals surface area contributed by atoms with Crippen molar-refractivity contribution in [3.63, 3.8) is 0 Å². The maximum absolute atomic E-state index is 12.0. The average Bonchev–Trinajstić information content (AvgIpc) is 2.90. The molecule has 0 spiro atoms. The molecule has 1 aliphatic heterocycles. The second-order valence-electron chi connectivity index (χ2n) is 4.81. The Bertz CT molecular complexity index is 922. The Morgan fingerprint density at radius 3 is 2.71 bits per heavy atom. The standard InChI is InChI=1S/C16H8Cl2N2O4/c17-10-4-5-13(18)12(8-10)15-19-14(16(21)24-15)7-9-2-1-3-11(6-9)20(22)23/h1-8H/b14-7-. The van der Waals surface area contributed by atoms with E-state index in [4.69, 9.17) is 27.9 Å². The number of cyclic esters (lactones) is 1. The van der Waals surface area contributed by atoms with Gasteiger partial charge in [-0.2, -0.15) is 0 Å². The van der Waals surface area contributed by atoms with Crippen molar-refractivity contribution in [3.8, 4) is 0 Å². The molecule has 0 radical (unpaired) electrons. The number of nitro benzene ring substituents is 1. The Kier molecular flexibility index (Phi) is 4.33. The van der Waals surface area contributed by atoms with Crippen molar-refractivity contribution in [2.75, 3.05) is 0 Å². The van der Waals surface area contributed by atoms with Crippen molar-refractivity contribution in [2.24, 2.45) is 4.99 Å². The average molecular weight is 363 g/mol. The van der Waals surface area contributed by atoms with Crippen LogP contribution in [0.1, 0.15) is 11.1 Å². The van der Waals surface area contributed by atoms with Gasteiger partial charge in [0.2, 0.25) is 5.90 Å². The van der Waals surface area contributed by atoms with Crippen molar-refractivity contribution in [1.29, 1.82) is 0 Å². The Balaban J connectivity index is 1.99. The Hall–Kier alpha value is -2.70. The summed E-state index contributed by atoms with van der Waals surface area (Å²) in [6, 6.07) is 10.5. The highest BCUT2D eigenvalue weighted by molar-refractivity contribution is 6.36. The highest BCUT2D eigenvalue weighted by Gasteiger charge is 2.26. The highest BCUT2D eigenvalue weighted by Crippen LogP contribution is 2.26. The topological polar surface area (TPSA) is 81.8 Å². The highest BCUT2D eigenvalue weighted by atomic mass is 35.5. The number of aliphatic imine (C=N–C) groups is 1. The number of benzene rings is 2. The van der Waals surface area contributed by atoms with E-state index in [0.29, 0.717) is 21.2 Å². The predicted molar refractivity (Wildman–Crippen MR) is 90.2 cm³/mol. The largest absolute Gasteiger partial charge is 0.402 e. The molecule has 0 aromatic heterocycles. The summed E-state index contributed by atoms with van der Waals surface area (Å²) in [4.78, 5) is 26.3. The van der Waals surface area contributed by atoms with Crippen molar-refractivity contribution in [1.82, 2.24) is 0 Å². The van der Waals surface area contributed by atoms with E-state index in [1.165, 1.54) is 30.3 Å². The molecule has 0 saturated heterocycles. The summed E-state index contributed by atoms with van der Waals surface area (Å²) in [5, 5.41) is 11.6. The molecular weight excluding hydrogens is 355 g/mol. The molecule has 8 heteroatoms. The minimum Gasteiger partial charge on any atom is -0.402 e.